The lowest BCUT2D eigenvalue weighted by atomic mass is 9.97. The molecule has 1 aromatic rings. The summed E-state index contributed by atoms with van der Waals surface area (Å²) in [4.78, 5) is 0. The normalized spacial score (nSPS) is 10.7. The van der Waals surface area contributed by atoms with Crippen LogP contribution in [0.5, 0.6) is 5.75 Å². The monoisotopic (exact) mass is 208 g/mol. The topological polar surface area (TPSA) is 18.5 Å². The molecule has 0 spiro atoms. The van der Waals surface area contributed by atoms with Crippen LogP contribution in [0.4, 0.5) is 0 Å². The van der Waals surface area contributed by atoms with Gasteiger partial charge in [-0.1, -0.05) is 26.0 Å². The molecule has 2 nitrogen and oxygen atoms in total. The van der Waals surface area contributed by atoms with E-state index in [4.69, 9.17) is 9.47 Å². The van der Waals surface area contributed by atoms with Crippen LogP contribution in [0.3, 0.4) is 0 Å². The molecule has 0 saturated carbocycles. The van der Waals surface area contributed by atoms with Gasteiger partial charge >= 0.3 is 0 Å². The highest BCUT2D eigenvalue weighted by Crippen LogP contribution is 2.29. The first-order valence-corrected chi connectivity index (χ1v) is 5.38. The smallest absolute Gasteiger partial charge is 0.123 e. The van der Waals surface area contributed by atoms with E-state index >= 15 is 0 Å². The highest BCUT2D eigenvalue weighted by molar-refractivity contribution is 5.41. The highest BCUT2D eigenvalue weighted by Gasteiger charge is 2.09. The quantitative estimate of drug-likeness (QED) is 0.692. The van der Waals surface area contributed by atoms with Crippen LogP contribution in [-0.4, -0.2) is 20.3 Å². The van der Waals surface area contributed by atoms with Crippen molar-refractivity contribution in [2.75, 3.05) is 20.3 Å². The summed E-state index contributed by atoms with van der Waals surface area (Å²) in [6.45, 7) is 7.74. The zero-order valence-corrected chi connectivity index (χ0v) is 10.0. The average molecular weight is 208 g/mol. The summed E-state index contributed by atoms with van der Waals surface area (Å²) in [5.41, 5.74) is 2.59. The summed E-state index contributed by atoms with van der Waals surface area (Å²) < 4.78 is 10.7. The van der Waals surface area contributed by atoms with E-state index in [2.05, 4.69) is 26.8 Å². The van der Waals surface area contributed by atoms with E-state index in [0.29, 0.717) is 19.1 Å². The van der Waals surface area contributed by atoms with Crippen LogP contribution in [0.2, 0.25) is 0 Å². The number of rotatable bonds is 5. The first kappa shape index (κ1) is 12.1. The van der Waals surface area contributed by atoms with Gasteiger partial charge in [-0.2, -0.15) is 0 Å². The summed E-state index contributed by atoms with van der Waals surface area (Å²) in [6.07, 6.45) is 0. The van der Waals surface area contributed by atoms with E-state index < -0.39 is 0 Å². The maximum atomic E-state index is 5.69. The molecule has 0 aromatic heterocycles. The summed E-state index contributed by atoms with van der Waals surface area (Å²) in [5.74, 6) is 1.48. The van der Waals surface area contributed by atoms with Crippen LogP contribution in [-0.2, 0) is 4.74 Å². The molecular weight excluding hydrogens is 188 g/mol. The number of aryl methyl sites for hydroxylation is 1. The third kappa shape index (κ3) is 3.24. The third-order valence-corrected chi connectivity index (χ3v) is 2.41. The molecular formula is C13H20O2. The predicted octanol–water partition coefficient (Wildman–Crippen LogP) is 3.14. The second-order valence-corrected chi connectivity index (χ2v) is 3.98. The number of methoxy groups -OCH3 is 1. The molecule has 0 radical (unpaired) electrons. The molecule has 0 heterocycles. The fourth-order valence-corrected chi connectivity index (χ4v) is 1.75. The number of hydrogen-bond acceptors (Lipinski definition) is 2. The molecule has 1 aromatic carbocycles. The van der Waals surface area contributed by atoms with Gasteiger partial charge in [0.2, 0.25) is 0 Å². The number of hydrogen-bond donors (Lipinski definition) is 0. The minimum Gasteiger partial charge on any atom is -0.491 e. The van der Waals surface area contributed by atoms with Crippen molar-refractivity contribution < 1.29 is 9.47 Å². The maximum Gasteiger partial charge on any atom is 0.123 e. The molecule has 0 unspecified atom stereocenters. The molecule has 0 N–H and O–H groups in total. The molecule has 0 atom stereocenters. The molecule has 0 aliphatic heterocycles. The van der Waals surface area contributed by atoms with Gasteiger partial charge in [-0.05, 0) is 30.0 Å². The SMILES string of the molecule is COCCOc1cccc(C)c1C(C)C. The molecule has 1 rings (SSSR count). The van der Waals surface area contributed by atoms with Crippen molar-refractivity contribution in [1.29, 1.82) is 0 Å². The molecule has 0 aliphatic rings. The number of benzene rings is 1. The third-order valence-electron chi connectivity index (χ3n) is 2.41. The Morgan fingerprint density at radius 2 is 1.93 bits per heavy atom. The fraction of sp³-hybridized carbons (Fsp3) is 0.538. The minimum absolute atomic E-state index is 0.490. The number of ether oxygens (including phenoxy) is 2. The van der Waals surface area contributed by atoms with Gasteiger partial charge in [-0.25, -0.2) is 0 Å². The van der Waals surface area contributed by atoms with Crippen molar-refractivity contribution in [3.05, 3.63) is 29.3 Å². The van der Waals surface area contributed by atoms with Gasteiger partial charge in [0.1, 0.15) is 12.4 Å². The van der Waals surface area contributed by atoms with Crippen LogP contribution in [0.1, 0.15) is 30.9 Å². The lowest BCUT2D eigenvalue weighted by molar-refractivity contribution is 0.145. The lowest BCUT2D eigenvalue weighted by Crippen LogP contribution is -2.07. The van der Waals surface area contributed by atoms with E-state index in [0.717, 1.165) is 5.75 Å². The van der Waals surface area contributed by atoms with Gasteiger partial charge in [-0.15, -0.1) is 0 Å². The highest BCUT2D eigenvalue weighted by atomic mass is 16.5. The summed E-state index contributed by atoms with van der Waals surface area (Å²) in [5, 5.41) is 0. The van der Waals surface area contributed by atoms with Crippen LogP contribution in [0.25, 0.3) is 0 Å². The first-order valence-electron chi connectivity index (χ1n) is 5.38. The zero-order valence-electron chi connectivity index (χ0n) is 10.0. The first-order chi connectivity index (χ1) is 7.16. The standard InChI is InChI=1S/C13H20O2/c1-10(2)13-11(3)6-5-7-12(13)15-9-8-14-4/h5-7,10H,8-9H2,1-4H3. The lowest BCUT2D eigenvalue weighted by Gasteiger charge is -2.16. The van der Waals surface area contributed by atoms with Gasteiger partial charge in [0.25, 0.3) is 0 Å². The fourth-order valence-electron chi connectivity index (χ4n) is 1.75. The Labute approximate surface area is 92.2 Å². The van der Waals surface area contributed by atoms with E-state index in [1.165, 1.54) is 11.1 Å². The van der Waals surface area contributed by atoms with E-state index in [1.807, 2.05) is 12.1 Å². The summed E-state index contributed by atoms with van der Waals surface area (Å²) in [7, 11) is 1.68. The Kier molecular flexibility index (Phi) is 4.63. The van der Waals surface area contributed by atoms with E-state index in [1.54, 1.807) is 7.11 Å². The average Bonchev–Trinajstić information content (AvgIpc) is 2.17. The van der Waals surface area contributed by atoms with Crippen molar-refractivity contribution in [2.45, 2.75) is 26.7 Å². The molecule has 0 saturated heterocycles. The Hall–Kier alpha value is -1.02. The van der Waals surface area contributed by atoms with Gasteiger partial charge in [0, 0.05) is 7.11 Å². The van der Waals surface area contributed by atoms with Gasteiger partial charge in [0.15, 0.2) is 0 Å². The Balaban J connectivity index is 2.81. The van der Waals surface area contributed by atoms with Gasteiger partial charge < -0.3 is 9.47 Å². The van der Waals surface area contributed by atoms with E-state index in [-0.39, 0.29) is 0 Å². The molecule has 84 valence electrons. The second kappa shape index (κ2) is 5.76. The maximum absolute atomic E-state index is 5.69. The summed E-state index contributed by atoms with van der Waals surface area (Å²) in [6, 6.07) is 6.18. The Bertz CT molecular complexity index is 305. The van der Waals surface area contributed by atoms with Crippen molar-refractivity contribution >= 4 is 0 Å². The van der Waals surface area contributed by atoms with Crippen LogP contribution < -0.4 is 4.74 Å². The van der Waals surface area contributed by atoms with Crippen molar-refractivity contribution in [2.24, 2.45) is 0 Å². The summed E-state index contributed by atoms with van der Waals surface area (Å²) >= 11 is 0. The van der Waals surface area contributed by atoms with Gasteiger partial charge in [0.05, 0.1) is 6.61 Å². The molecule has 0 bridgehead atoms. The van der Waals surface area contributed by atoms with Gasteiger partial charge in [-0.3, -0.25) is 0 Å². The van der Waals surface area contributed by atoms with Crippen LogP contribution >= 0.6 is 0 Å². The van der Waals surface area contributed by atoms with Crippen molar-refractivity contribution in [3.63, 3.8) is 0 Å². The molecule has 0 aliphatic carbocycles. The minimum atomic E-state index is 0.490. The van der Waals surface area contributed by atoms with E-state index in [9.17, 15) is 0 Å². The zero-order chi connectivity index (χ0) is 11.3. The predicted molar refractivity (Wildman–Crippen MR) is 62.6 cm³/mol. The second-order valence-electron chi connectivity index (χ2n) is 3.98. The Morgan fingerprint density at radius 1 is 1.20 bits per heavy atom. The van der Waals surface area contributed by atoms with Crippen LogP contribution in [0.15, 0.2) is 18.2 Å². The Morgan fingerprint density at radius 3 is 2.53 bits per heavy atom. The largest absolute Gasteiger partial charge is 0.491 e. The molecule has 2 heteroatoms. The molecule has 0 amide bonds. The van der Waals surface area contributed by atoms with Crippen molar-refractivity contribution in [1.82, 2.24) is 0 Å². The molecule has 0 fully saturated rings. The van der Waals surface area contributed by atoms with Crippen LogP contribution in [0, 0.1) is 6.92 Å². The molecule has 15 heavy (non-hydrogen) atoms. The van der Waals surface area contributed by atoms with Crippen molar-refractivity contribution in [3.8, 4) is 5.75 Å².